The summed E-state index contributed by atoms with van der Waals surface area (Å²) >= 11 is 1.26. The molecular weight excluding hydrogens is 406 g/mol. The first-order valence-electron chi connectivity index (χ1n) is 9.02. The predicted octanol–water partition coefficient (Wildman–Crippen LogP) is 4.51. The van der Waals surface area contributed by atoms with Crippen LogP contribution in [0.15, 0.2) is 40.3 Å². The molecule has 9 nitrogen and oxygen atoms in total. The number of rotatable bonds is 7. The van der Waals surface area contributed by atoms with Crippen molar-refractivity contribution in [2.75, 3.05) is 5.32 Å². The Kier molecular flexibility index (Phi) is 6.34. The third-order valence-electron chi connectivity index (χ3n) is 4.13. The molecule has 0 bridgehead atoms. The first-order valence-corrected chi connectivity index (χ1v) is 9.83. The van der Waals surface area contributed by atoms with Gasteiger partial charge in [-0.3, -0.25) is 20.2 Å². The zero-order chi connectivity index (χ0) is 21.7. The Morgan fingerprint density at radius 3 is 2.87 bits per heavy atom. The predicted molar refractivity (Wildman–Crippen MR) is 112 cm³/mol. The molecular formula is C20H17N5O4S. The van der Waals surface area contributed by atoms with E-state index in [4.69, 9.17) is 4.42 Å². The number of furan rings is 1. The topological polar surface area (TPSA) is 135 Å². The molecule has 0 atom stereocenters. The van der Waals surface area contributed by atoms with Crippen molar-refractivity contribution in [2.45, 2.75) is 26.7 Å². The second kappa shape index (κ2) is 9.11. The Balaban J connectivity index is 1.81. The van der Waals surface area contributed by atoms with Gasteiger partial charge in [0.1, 0.15) is 28.2 Å². The molecule has 30 heavy (non-hydrogen) atoms. The van der Waals surface area contributed by atoms with Crippen LogP contribution in [0.5, 0.6) is 0 Å². The zero-order valence-corrected chi connectivity index (χ0v) is 17.0. The molecule has 2 heterocycles. The smallest absolute Gasteiger partial charge is 0.270 e. The van der Waals surface area contributed by atoms with Gasteiger partial charge in [0, 0.05) is 30.2 Å². The number of aryl methyl sites for hydroxylation is 2. The Labute approximate surface area is 175 Å². The third kappa shape index (κ3) is 4.76. The number of amides is 1. The summed E-state index contributed by atoms with van der Waals surface area (Å²) in [6, 6.07) is 9.53. The number of nitrogens with one attached hydrogen (secondary N) is 1. The standard InChI is InChI=1S/C20H17N5O4S/c1-3-4-18-23-24-20(30-18)22-19(26)13(11-21)9-15-7-8-17(29-15)16-10-14(25(27)28)6-5-12(16)2/h5-10H,3-4H2,1-2H3,(H,22,24,26)/b13-9-. The van der Waals surface area contributed by atoms with Crippen LogP contribution in [0.25, 0.3) is 17.4 Å². The molecule has 0 aliphatic rings. The molecule has 1 N–H and O–H groups in total. The minimum absolute atomic E-state index is 0.0549. The van der Waals surface area contributed by atoms with Gasteiger partial charge in [0.2, 0.25) is 5.13 Å². The van der Waals surface area contributed by atoms with Crippen LogP contribution in [0.3, 0.4) is 0 Å². The maximum absolute atomic E-state index is 12.4. The molecule has 3 aromatic rings. The van der Waals surface area contributed by atoms with Gasteiger partial charge in [0.05, 0.1) is 4.92 Å². The number of nitrogens with zero attached hydrogens (tertiary/aromatic N) is 4. The third-order valence-corrected chi connectivity index (χ3v) is 5.03. The number of hydrogen-bond donors (Lipinski definition) is 1. The number of hydrogen-bond acceptors (Lipinski definition) is 8. The van der Waals surface area contributed by atoms with E-state index in [-0.39, 0.29) is 17.0 Å². The van der Waals surface area contributed by atoms with Crippen LogP contribution in [-0.2, 0) is 11.2 Å². The van der Waals surface area contributed by atoms with E-state index in [9.17, 15) is 20.2 Å². The Morgan fingerprint density at radius 2 is 2.17 bits per heavy atom. The quantitative estimate of drug-likeness (QED) is 0.255. The highest BCUT2D eigenvalue weighted by atomic mass is 32.1. The largest absolute Gasteiger partial charge is 0.457 e. The summed E-state index contributed by atoms with van der Waals surface area (Å²) in [4.78, 5) is 22.9. The number of carbonyl (C=O) groups excluding carboxylic acids is 1. The molecule has 2 aromatic heterocycles. The summed E-state index contributed by atoms with van der Waals surface area (Å²) in [6.45, 7) is 3.82. The van der Waals surface area contributed by atoms with E-state index in [1.54, 1.807) is 25.1 Å². The maximum atomic E-state index is 12.4. The highest BCUT2D eigenvalue weighted by Gasteiger charge is 2.16. The summed E-state index contributed by atoms with van der Waals surface area (Å²) in [7, 11) is 0. The molecule has 152 valence electrons. The molecule has 0 aliphatic heterocycles. The lowest BCUT2D eigenvalue weighted by atomic mass is 10.1. The average Bonchev–Trinajstić information content (AvgIpc) is 3.36. The van der Waals surface area contributed by atoms with Crippen LogP contribution in [0, 0.1) is 28.4 Å². The fraction of sp³-hybridized carbons (Fsp3) is 0.200. The van der Waals surface area contributed by atoms with Crippen LogP contribution < -0.4 is 5.32 Å². The van der Waals surface area contributed by atoms with Crippen molar-refractivity contribution in [2.24, 2.45) is 0 Å². The van der Waals surface area contributed by atoms with Crippen LogP contribution in [-0.4, -0.2) is 21.0 Å². The van der Waals surface area contributed by atoms with Gasteiger partial charge in [-0.05, 0) is 31.0 Å². The van der Waals surface area contributed by atoms with Crippen molar-refractivity contribution in [3.8, 4) is 17.4 Å². The molecule has 0 spiro atoms. The maximum Gasteiger partial charge on any atom is 0.270 e. The molecule has 0 saturated carbocycles. The Hall–Kier alpha value is -3.84. The van der Waals surface area contributed by atoms with E-state index in [2.05, 4.69) is 15.5 Å². The van der Waals surface area contributed by atoms with Crippen LogP contribution in [0.4, 0.5) is 10.8 Å². The van der Waals surface area contributed by atoms with Crippen molar-refractivity contribution in [1.82, 2.24) is 10.2 Å². The molecule has 0 unspecified atom stereocenters. The van der Waals surface area contributed by atoms with E-state index in [0.717, 1.165) is 23.4 Å². The molecule has 1 aromatic carbocycles. The lowest BCUT2D eigenvalue weighted by Crippen LogP contribution is -2.13. The van der Waals surface area contributed by atoms with E-state index in [1.807, 2.05) is 13.0 Å². The molecule has 0 saturated heterocycles. The van der Waals surface area contributed by atoms with Gasteiger partial charge in [0.15, 0.2) is 0 Å². The fourth-order valence-electron chi connectivity index (χ4n) is 2.64. The van der Waals surface area contributed by atoms with Crippen molar-refractivity contribution < 1.29 is 14.1 Å². The van der Waals surface area contributed by atoms with Gasteiger partial charge < -0.3 is 4.42 Å². The second-order valence-corrected chi connectivity index (χ2v) is 7.40. The van der Waals surface area contributed by atoms with Gasteiger partial charge >= 0.3 is 0 Å². The normalized spacial score (nSPS) is 11.2. The van der Waals surface area contributed by atoms with Crippen LogP contribution >= 0.6 is 11.3 Å². The van der Waals surface area contributed by atoms with Gasteiger partial charge in [-0.25, -0.2) is 0 Å². The molecule has 0 radical (unpaired) electrons. The molecule has 3 rings (SSSR count). The van der Waals surface area contributed by atoms with Gasteiger partial charge in [-0.2, -0.15) is 5.26 Å². The summed E-state index contributed by atoms with van der Waals surface area (Å²) < 4.78 is 5.70. The molecule has 10 heteroatoms. The first-order chi connectivity index (χ1) is 14.4. The number of nitro benzene ring substituents is 1. The second-order valence-electron chi connectivity index (χ2n) is 6.33. The number of aromatic nitrogens is 2. The van der Waals surface area contributed by atoms with Crippen molar-refractivity contribution in [3.63, 3.8) is 0 Å². The van der Waals surface area contributed by atoms with Gasteiger partial charge in [0.25, 0.3) is 11.6 Å². The monoisotopic (exact) mass is 423 g/mol. The Bertz CT molecular complexity index is 1170. The lowest BCUT2D eigenvalue weighted by molar-refractivity contribution is -0.384. The summed E-state index contributed by atoms with van der Waals surface area (Å²) in [5.74, 6) is 0.0428. The molecule has 0 aliphatic carbocycles. The van der Waals surface area contributed by atoms with Gasteiger partial charge in [-0.1, -0.05) is 24.3 Å². The zero-order valence-electron chi connectivity index (χ0n) is 16.2. The number of non-ortho nitro benzene ring substituents is 1. The van der Waals surface area contributed by atoms with E-state index in [1.165, 1.54) is 29.5 Å². The van der Waals surface area contributed by atoms with Crippen molar-refractivity contribution in [3.05, 3.63) is 62.4 Å². The number of carbonyl (C=O) groups is 1. The van der Waals surface area contributed by atoms with E-state index in [0.29, 0.717) is 16.5 Å². The molecule has 1 amide bonds. The SMILES string of the molecule is CCCc1nnc(NC(=O)/C(C#N)=C\c2ccc(-c3cc([N+](=O)[O-])ccc3C)o2)s1. The first kappa shape index (κ1) is 20.9. The average molecular weight is 423 g/mol. The van der Waals surface area contributed by atoms with Gasteiger partial charge in [-0.15, -0.1) is 10.2 Å². The van der Waals surface area contributed by atoms with Crippen molar-refractivity contribution in [1.29, 1.82) is 5.26 Å². The number of nitro groups is 1. The summed E-state index contributed by atoms with van der Waals surface area (Å²) in [6.07, 6.45) is 2.98. The van der Waals surface area contributed by atoms with Crippen LogP contribution in [0.1, 0.15) is 29.7 Å². The number of nitriles is 1. The number of benzene rings is 1. The van der Waals surface area contributed by atoms with E-state index < -0.39 is 10.8 Å². The van der Waals surface area contributed by atoms with E-state index >= 15 is 0 Å². The fourth-order valence-corrected chi connectivity index (χ4v) is 3.47. The minimum atomic E-state index is -0.624. The van der Waals surface area contributed by atoms with Crippen molar-refractivity contribution >= 4 is 34.1 Å². The highest BCUT2D eigenvalue weighted by molar-refractivity contribution is 7.15. The minimum Gasteiger partial charge on any atom is -0.457 e. The summed E-state index contributed by atoms with van der Waals surface area (Å²) in [5.41, 5.74) is 1.13. The Morgan fingerprint density at radius 1 is 1.37 bits per heavy atom. The molecule has 0 fully saturated rings. The van der Waals surface area contributed by atoms with Crippen LogP contribution in [0.2, 0.25) is 0 Å². The summed E-state index contributed by atoms with van der Waals surface area (Å²) in [5, 5.41) is 31.9. The lowest BCUT2D eigenvalue weighted by Gasteiger charge is -2.02. The number of anilines is 1. The highest BCUT2D eigenvalue weighted by Crippen LogP contribution is 2.30.